The third-order valence-corrected chi connectivity index (χ3v) is 3.88. The van der Waals surface area contributed by atoms with Crippen LogP contribution in [0.25, 0.3) is 10.9 Å². The fourth-order valence-corrected chi connectivity index (χ4v) is 2.69. The van der Waals surface area contributed by atoms with E-state index in [9.17, 15) is 14.4 Å². The largest absolute Gasteiger partial charge is 0.497 e. The number of esters is 1. The van der Waals surface area contributed by atoms with E-state index in [0.717, 1.165) is 0 Å². The molecule has 1 aromatic carbocycles. The van der Waals surface area contributed by atoms with Crippen molar-refractivity contribution in [1.29, 1.82) is 0 Å². The van der Waals surface area contributed by atoms with E-state index in [1.807, 2.05) is 0 Å². The number of anilines is 1. The summed E-state index contributed by atoms with van der Waals surface area (Å²) in [5, 5.41) is 3.21. The Morgan fingerprint density at radius 1 is 1.08 bits per heavy atom. The Kier molecular flexibility index (Phi) is 4.49. The molecule has 0 spiro atoms. The number of carbonyl (C=O) groups is 2. The molecule has 0 atom stereocenters. The molecule has 0 saturated carbocycles. The third kappa shape index (κ3) is 3.16. The maximum atomic E-state index is 12.7. The van der Waals surface area contributed by atoms with Crippen molar-refractivity contribution >= 4 is 28.5 Å². The van der Waals surface area contributed by atoms with E-state index < -0.39 is 17.4 Å². The molecule has 1 amide bonds. The number of H-pyrrole nitrogens is 2. The highest BCUT2D eigenvalue weighted by molar-refractivity contribution is 6.13. The second kappa shape index (κ2) is 6.75. The van der Waals surface area contributed by atoms with E-state index >= 15 is 0 Å². The van der Waals surface area contributed by atoms with Gasteiger partial charge in [-0.2, -0.15) is 0 Å². The molecular formula is C18H17N3O5. The molecule has 0 saturated heterocycles. The van der Waals surface area contributed by atoms with Gasteiger partial charge in [-0.3, -0.25) is 9.59 Å². The summed E-state index contributed by atoms with van der Waals surface area (Å²) in [6.45, 7) is 1.75. The van der Waals surface area contributed by atoms with E-state index in [2.05, 4.69) is 15.3 Å². The van der Waals surface area contributed by atoms with Crippen LogP contribution in [-0.4, -0.2) is 36.1 Å². The van der Waals surface area contributed by atoms with Crippen molar-refractivity contribution in [2.24, 2.45) is 0 Å². The van der Waals surface area contributed by atoms with Gasteiger partial charge in [0.05, 0.1) is 31.0 Å². The maximum Gasteiger partial charge on any atom is 0.356 e. The van der Waals surface area contributed by atoms with Gasteiger partial charge in [-0.25, -0.2) is 4.79 Å². The lowest BCUT2D eigenvalue weighted by atomic mass is 10.1. The lowest BCUT2D eigenvalue weighted by Gasteiger charge is -2.09. The minimum atomic E-state index is -0.603. The summed E-state index contributed by atoms with van der Waals surface area (Å²) in [4.78, 5) is 42.0. The van der Waals surface area contributed by atoms with Gasteiger partial charge in [0.2, 0.25) is 5.56 Å². The minimum absolute atomic E-state index is 0.133. The number of hydrogen-bond donors (Lipinski definition) is 3. The van der Waals surface area contributed by atoms with Gasteiger partial charge in [0.1, 0.15) is 11.4 Å². The zero-order valence-electron chi connectivity index (χ0n) is 14.4. The van der Waals surface area contributed by atoms with Gasteiger partial charge in [-0.15, -0.1) is 0 Å². The summed E-state index contributed by atoms with van der Waals surface area (Å²) in [6, 6.07) is 7.83. The van der Waals surface area contributed by atoms with E-state index in [4.69, 9.17) is 9.47 Å². The topological polar surface area (TPSA) is 113 Å². The predicted molar refractivity (Wildman–Crippen MR) is 95.9 cm³/mol. The zero-order valence-corrected chi connectivity index (χ0v) is 14.4. The molecule has 2 aromatic heterocycles. The van der Waals surface area contributed by atoms with Gasteiger partial charge in [-0.05, 0) is 25.1 Å². The number of nitrogens with one attached hydrogen (secondary N) is 3. The van der Waals surface area contributed by atoms with Gasteiger partial charge in [-0.1, -0.05) is 0 Å². The van der Waals surface area contributed by atoms with Crippen LogP contribution in [0, 0.1) is 6.92 Å². The highest BCUT2D eigenvalue weighted by Gasteiger charge is 2.19. The molecule has 0 aliphatic rings. The Morgan fingerprint density at radius 3 is 2.54 bits per heavy atom. The normalized spacial score (nSPS) is 10.6. The SMILES string of the molecule is COC(=O)c1[nH]c(C)cc1NC(=O)c1cc(=O)[nH]c2cc(OC)ccc12. The number of hydrogen-bond acceptors (Lipinski definition) is 5. The molecule has 8 heteroatoms. The van der Waals surface area contributed by atoms with Crippen LogP contribution in [0.15, 0.2) is 35.1 Å². The number of ether oxygens (including phenoxy) is 2. The van der Waals surface area contributed by atoms with Crippen molar-refractivity contribution in [3.05, 3.63) is 57.6 Å². The number of aryl methyl sites for hydroxylation is 1. The second-order valence-corrected chi connectivity index (χ2v) is 5.65. The molecule has 3 aromatic rings. The molecule has 0 aliphatic carbocycles. The Labute approximate surface area is 148 Å². The Balaban J connectivity index is 2.04. The van der Waals surface area contributed by atoms with Crippen molar-refractivity contribution in [2.45, 2.75) is 6.92 Å². The zero-order chi connectivity index (χ0) is 18.8. The highest BCUT2D eigenvalue weighted by Crippen LogP contribution is 2.23. The van der Waals surface area contributed by atoms with Crippen LogP contribution in [0.3, 0.4) is 0 Å². The number of methoxy groups -OCH3 is 2. The van der Waals surface area contributed by atoms with Crippen LogP contribution in [0.1, 0.15) is 26.5 Å². The monoisotopic (exact) mass is 355 g/mol. The van der Waals surface area contributed by atoms with Gasteiger partial charge in [0.15, 0.2) is 0 Å². The first kappa shape index (κ1) is 17.3. The summed E-state index contributed by atoms with van der Waals surface area (Å²) in [5.74, 6) is -0.565. The first-order valence-electron chi connectivity index (χ1n) is 7.73. The van der Waals surface area contributed by atoms with Crippen molar-refractivity contribution in [1.82, 2.24) is 9.97 Å². The van der Waals surface area contributed by atoms with E-state index in [-0.39, 0.29) is 16.9 Å². The number of rotatable bonds is 4. The smallest absolute Gasteiger partial charge is 0.356 e. The van der Waals surface area contributed by atoms with Crippen molar-refractivity contribution in [2.75, 3.05) is 19.5 Å². The van der Waals surface area contributed by atoms with Gasteiger partial charge >= 0.3 is 5.97 Å². The van der Waals surface area contributed by atoms with Crippen LogP contribution in [0.2, 0.25) is 0 Å². The average Bonchev–Trinajstić information content (AvgIpc) is 2.99. The maximum absolute atomic E-state index is 12.7. The molecule has 0 aliphatic heterocycles. The number of benzene rings is 1. The van der Waals surface area contributed by atoms with Crippen LogP contribution >= 0.6 is 0 Å². The third-order valence-electron chi connectivity index (χ3n) is 3.88. The molecule has 0 bridgehead atoms. The van der Waals surface area contributed by atoms with Gasteiger partial charge in [0.25, 0.3) is 5.91 Å². The summed E-state index contributed by atoms with van der Waals surface area (Å²) in [7, 11) is 2.76. The molecule has 0 fully saturated rings. The van der Waals surface area contributed by atoms with Crippen molar-refractivity contribution < 1.29 is 19.1 Å². The fraction of sp³-hybridized carbons (Fsp3) is 0.167. The first-order chi connectivity index (χ1) is 12.4. The second-order valence-electron chi connectivity index (χ2n) is 5.65. The Hall–Kier alpha value is -3.55. The summed E-state index contributed by atoms with van der Waals surface area (Å²) >= 11 is 0. The standard InChI is InChI=1S/C18H17N3O5/c1-9-6-14(16(19-9)18(24)26-3)21-17(23)12-8-15(22)20-13-7-10(25-2)4-5-11(12)13/h4-8,19H,1-3H3,(H,20,22)(H,21,23). The van der Waals surface area contributed by atoms with Crippen molar-refractivity contribution in [3.8, 4) is 5.75 Å². The van der Waals surface area contributed by atoms with E-state index in [0.29, 0.717) is 22.3 Å². The predicted octanol–water partition coefficient (Wildman–Crippen LogP) is 2.21. The number of fused-ring (bicyclic) bond motifs is 1. The number of carbonyl (C=O) groups excluding carboxylic acids is 2. The summed E-state index contributed by atoms with van der Waals surface area (Å²) < 4.78 is 9.84. The summed E-state index contributed by atoms with van der Waals surface area (Å²) in [6.07, 6.45) is 0. The summed E-state index contributed by atoms with van der Waals surface area (Å²) in [5.41, 5.74) is 1.33. The number of aromatic amines is 2. The first-order valence-corrected chi connectivity index (χ1v) is 7.73. The molecule has 8 nitrogen and oxygen atoms in total. The molecule has 26 heavy (non-hydrogen) atoms. The molecule has 0 radical (unpaired) electrons. The van der Waals surface area contributed by atoms with E-state index in [1.54, 1.807) is 31.2 Å². The Morgan fingerprint density at radius 2 is 1.85 bits per heavy atom. The Bertz CT molecular complexity index is 1060. The van der Waals surface area contributed by atoms with Crippen molar-refractivity contribution in [3.63, 3.8) is 0 Å². The van der Waals surface area contributed by atoms with Crippen LogP contribution in [-0.2, 0) is 4.74 Å². The molecule has 2 heterocycles. The minimum Gasteiger partial charge on any atom is -0.497 e. The highest BCUT2D eigenvalue weighted by atomic mass is 16.5. The van der Waals surface area contributed by atoms with Crippen LogP contribution in [0.5, 0.6) is 5.75 Å². The van der Waals surface area contributed by atoms with E-state index in [1.165, 1.54) is 20.3 Å². The lowest BCUT2D eigenvalue weighted by molar-refractivity contribution is 0.0596. The molecule has 3 rings (SSSR count). The average molecular weight is 355 g/mol. The molecular weight excluding hydrogens is 338 g/mol. The number of aromatic nitrogens is 2. The van der Waals surface area contributed by atoms with Gasteiger partial charge in [0, 0.05) is 23.2 Å². The van der Waals surface area contributed by atoms with Crippen LogP contribution < -0.4 is 15.6 Å². The lowest BCUT2D eigenvalue weighted by Crippen LogP contribution is -2.18. The number of pyridine rings is 1. The van der Waals surface area contributed by atoms with Crippen LogP contribution in [0.4, 0.5) is 5.69 Å². The molecule has 3 N–H and O–H groups in total. The quantitative estimate of drug-likeness (QED) is 0.621. The van der Waals surface area contributed by atoms with Gasteiger partial charge < -0.3 is 24.8 Å². The number of amides is 1. The molecule has 0 unspecified atom stereocenters. The molecule has 134 valence electrons. The fourth-order valence-electron chi connectivity index (χ4n) is 2.69.